The first-order valence-electron chi connectivity index (χ1n) is 13.2. The normalized spacial score (nSPS) is 16.7. The van der Waals surface area contributed by atoms with Crippen LogP contribution in [0.1, 0.15) is 40.3 Å². The van der Waals surface area contributed by atoms with Gasteiger partial charge >= 0.3 is 0 Å². The minimum atomic E-state index is -0.121. The summed E-state index contributed by atoms with van der Waals surface area (Å²) >= 11 is 9.72. The van der Waals surface area contributed by atoms with E-state index in [0.717, 1.165) is 50.0 Å². The van der Waals surface area contributed by atoms with Gasteiger partial charge in [-0.15, -0.1) is 0 Å². The van der Waals surface area contributed by atoms with Crippen molar-refractivity contribution in [2.45, 2.75) is 32.9 Å². The van der Waals surface area contributed by atoms with Crippen molar-refractivity contribution < 1.29 is 4.74 Å². The molecule has 1 aliphatic rings. The third kappa shape index (κ3) is 4.80. The van der Waals surface area contributed by atoms with Crippen molar-refractivity contribution in [1.82, 2.24) is 14.9 Å². The van der Waals surface area contributed by atoms with Crippen LogP contribution in [0.25, 0.3) is 5.69 Å². The highest BCUT2D eigenvalue weighted by Crippen LogP contribution is 2.44. The third-order valence-electron chi connectivity index (χ3n) is 7.42. The molecule has 5 nitrogen and oxygen atoms in total. The van der Waals surface area contributed by atoms with Gasteiger partial charge in [0.25, 0.3) is 0 Å². The molecule has 0 radical (unpaired) electrons. The number of anilines is 1. The molecule has 1 N–H and O–H groups in total. The maximum Gasteiger partial charge on any atom is 0.174 e. The lowest BCUT2D eigenvalue weighted by atomic mass is 9.96. The van der Waals surface area contributed by atoms with Gasteiger partial charge in [-0.05, 0) is 121 Å². The molecule has 0 aliphatic carbocycles. The van der Waals surface area contributed by atoms with Crippen LogP contribution >= 0.6 is 28.1 Å². The predicted molar refractivity (Wildman–Crippen MR) is 169 cm³/mol. The molecule has 1 fully saturated rings. The molecule has 3 heterocycles. The lowest BCUT2D eigenvalue weighted by molar-refractivity contribution is 0.479. The van der Waals surface area contributed by atoms with Crippen molar-refractivity contribution in [2.75, 3.05) is 4.90 Å². The second kappa shape index (κ2) is 10.9. The van der Waals surface area contributed by atoms with Gasteiger partial charge in [-0.1, -0.05) is 36.4 Å². The van der Waals surface area contributed by atoms with Gasteiger partial charge in [0.1, 0.15) is 11.5 Å². The van der Waals surface area contributed by atoms with E-state index in [1.807, 2.05) is 67.7 Å². The number of benzene rings is 3. The Morgan fingerprint density at radius 1 is 0.875 bits per heavy atom. The smallest absolute Gasteiger partial charge is 0.174 e. The Morgan fingerprint density at radius 3 is 2.33 bits per heavy atom. The lowest BCUT2D eigenvalue weighted by Gasteiger charge is -2.28. The summed E-state index contributed by atoms with van der Waals surface area (Å²) in [7, 11) is 0. The Bertz CT molecular complexity index is 1680. The van der Waals surface area contributed by atoms with Crippen LogP contribution in [0, 0.1) is 20.8 Å². The second-order valence-electron chi connectivity index (χ2n) is 9.97. The Hall–Kier alpha value is -3.94. The summed E-state index contributed by atoms with van der Waals surface area (Å²) in [5, 5.41) is 4.25. The predicted octanol–water partition coefficient (Wildman–Crippen LogP) is 8.53. The molecule has 6 rings (SSSR count). The number of thiocarbonyl (C=S) groups is 1. The van der Waals surface area contributed by atoms with E-state index in [1.54, 1.807) is 0 Å². The molecule has 0 saturated carbocycles. The molecule has 7 heteroatoms. The van der Waals surface area contributed by atoms with E-state index in [-0.39, 0.29) is 12.1 Å². The van der Waals surface area contributed by atoms with Crippen LogP contribution in [0.4, 0.5) is 5.69 Å². The van der Waals surface area contributed by atoms with Gasteiger partial charge in [0.2, 0.25) is 0 Å². The van der Waals surface area contributed by atoms with E-state index in [1.165, 1.54) is 5.56 Å². The standard InChI is InChI=1S/C33H29BrN4OS/c1-21-10-4-7-14-30(21)39-25-17-15-24(16-18-25)38-32(31(36-33(38)40)28-12-8-9-19-35-28)26-20-22(2)37(23(26)3)29-13-6-5-11-27(29)34/h4-20,31-32H,1-3H3,(H,36,40). The molecule has 1 saturated heterocycles. The Morgan fingerprint density at radius 2 is 1.60 bits per heavy atom. The quantitative estimate of drug-likeness (QED) is 0.196. The van der Waals surface area contributed by atoms with Crippen LogP contribution < -0.4 is 15.0 Å². The molecule has 5 aromatic rings. The number of aromatic nitrogens is 2. The summed E-state index contributed by atoms with van der Waals surface area (Å²) in [6, 6.07) is 32.5. The van der Waals surface area contributed by atoms with E-state index in [9.17, 15) is 0 Å². The molecule has 3 aromatic carbocycles. The molecule has 2 unspecified atom stereocenters. The first kappa shape index (κ1) is 26.3. The van der Waals surface area contributed by atoms with E-state index in [0.29, 0.717) is 5.11 Å². The Kier molecular flexibility index (Phi) is 7.17. The molecule has 200 valence electrons. The fraction of sp³-hybridized carbons (Fsp3) is 0.152. The van der Waals surface area contributed by atoms with Crippen molar-refractivity contribution in [3.05, 3.63) is 136 Å². The summed E-state index contributed by atoms with van der Waals surface area (Å²) in [6.45, 7) is 6.37. The van der Waals surface area contributed by atoms with Gasteiger partial charge in [0.15, 0.2) is 5.11 Å². The molecule has 0 bridgehead atoms. The third-order valence-corrected chi connectivity index (χ3v) is 8.40. The van der Waals surface area contributed by atoms with Crippen LogP contribution in [-0.4, -0.2) is 14.7 Å². The molecular weight excluding hydrogens is 580 g/mol. The lowest BCUT2D eigenvalue weighted by Crippen LogP contribution is -2.29. The first-order valence-corrected chi connectivity index (χ1v) is 14.4. The van der Waals surface area contributed by atoms with Gasteiger partial charge in [-0.3, -0.25) is 4.98 Å². The summed E-state index contributed by atoms with van der Waals surface area (Å²) in [4.78, 5) is 6.92. The topological polar surface area (TPSA) is 42.3 Å². The first-order chi connectivity index (χ1) is 19.4. The summed E-state index contributed by atoms with van der Waals surface area (Å²) in [5.41, 5.74) is 7.64. The number of hydrogen-bond donors (Lipinski definition) is 1. The van der Waals surface area contributed by atoms with Crippen LogP contribution in [-0.2, 0) is 0 Å². The van der Waals surface area contributed by atoms with Gasteiger partial charge in [0.05, 0.1) is 23.5 Å². The monoisotopic (exact) mass is 608 g/mol. The van der Waals surface area contributed by atoms with Crippen molar-refractivity contribution in [3.63, 3.8) is 0 Å². The number of rotatable bonds is 6. The van der Waals surface area contributed by atoms with Crippen LogP contribution in [0.3, 0.4) is 0 Å². The number of para-hydroxylation sites is 2. The Labute approximate surface area is 248 Å². The molecule has 1 aliphatic heterocycles. The largest absolute Gasteiger partial charge is 0.457 e. The molecule has 0 spiro atoms. The van der Waals surface area contributed by atoms with Crippen molar-refractivity contribution in [2.24, 2.45) is 0 Å². The van der Waals surface area contributed by atoms with Crippen molar-refractivity contribution in [3.8, 4) is 17.2 Å². The number of pyridine rings is 1. The number of nitrogens with one attached hydrogen (secondary N) is 1. The van der Waals surface area contributed by atoms with Gasteiger partial charge in [-0.25, -0.2) is 0 Å². The highest BCUT2D eigenvalue weighted by atomic mass is 79.9. The highest BCUT2D eigenvalue weighted by molar-refractivity contribution is 9.10. The average molecular weight is 610 g/mol. The average Bonchev–Trinajstić information content (AvgIpc) is 3.46. The number of ether oxygens (including phenoxy) is 1. The Balaban J connectivity index is 1.42. The molecule has 2 atom stereocenters. The zero-order valence-corrected chi connectivity index (χ0v) is 24.9. The summed E-state index contributed by atoms with van der Waals surface area (Å²) in [5.74, 6) is 1.63. The maximum atomic E-state index is 6.17. The highest BCUT2D eigenvalue weighted by Gasteiger charge is 2.42. The summed E-state index contributed by atoms with van der Waals surface area (Å²) < 4.78 is 9.52. The number of hydrogen-bond acceptors (Lipinski definition) is 3. The fourth-order valence-corrected chi connectivity index (χ4v) is 6.32. The van der Waals surface area contributed by atoms with E-state index in [4.69, 9.17) is 21.9 Å². The molecule has 0 amide bonds. The molecule has 2 aromatic heterocycles. The minimum absolute atomic E-state index is 0.104. The van der Waals surface area contributed by atoms with Crippen LogP contribution in [0.2, 0.25) is 0 Å². The van der Waals surface area contributed by atoms with Crippen LogP contribution in [0.5, 0.6) is 11.5 Å². The van der Waals surface area contributed by atoms with Gasteiger partial charge < -0.3 is 19.5 Å². The SMILES string of the molecule is Cc1ccccc1Oc1ccc(N2C(=S)NC(c3ccccn3)C2c2cc(C)n(-c3ccccc3Br)c2C)cc1. The van der Waals surface area contributed by atoms with Gasteiger partial charge in [0, 0.05) is 27.7 Å². The van der Waals surface area contributed by atoms with E-state index < -0.39 is 0 Å². The maximum absolute atomic E-state index is 6.17. The number of aryl methyl sites for hydroxylation is 2. The molecule has 40 heavy (non-hydrogen) atoms. The van der Waals surface area contributed by atoms with Crippen LogP contribution in [0.15, 0.2) is 108 Å². The number of nitrogens with zero attached hydrogens (tertiary/aromatic N) is 3. The second-order valence-corrected chi connectivity index (χ2v) is 11.2. The van der Waals surface area contributed by atoms with Gasteiger partial charge in [-0.2, -0.15) is 0 Å². The zero-order chi connectivity index (χ0) is 27.8. The van der Waals surface area contributed by atoms with E-state index >= 15 is 0 Å². The number of halogens is 1. The van der Waals surface area contributed by atoms with Crippen molar-refractivity contribution in [1.29, 1.82) is 0 Å². The summed E-state index contributed by atoms with van der Waals surface area (Å²) in [6.07, 6.45) is 1.84. The zero-order valence-electron chi connectivity index (χ0n) is 22.5. The fourth-order valence-electron chi connectivity index (χ4n) is 5.51. The molecular formula is C33H29BrN4OS. The minimum Gasteiger partial charge on any atom is -0.457 e. The van der Waals surface area contributed by atoms with Crippen molar-refractivity contribution >= 4 is 38.9 Å². The van der Waals surface area contributed by atoms with E-state index in [2.05, 4.69) is 87.0 Å².